The highest BCUT2D eigenvalue weighted by molar-refractivity contribution is 5.76. The zero-order valence-corrected chi connectivity index (χ0v) is 10.9. The van der Waals surface area contributed by atoms with Crippen molar-refractivity contribution in [3.8, 4) is 0 Å². The molecular formula is C14H24N2O. The fraction of sp³-hybridized carbons (Fsp3) is 0.643. The highest BCUT2D eigenvalue weighted by Crippen LogP contribution is 2.08. The Kier molecular flexibility index (Phi) is 6.63. The summed E-state index contributed by atoms with van der Waals surface area (Å²) < 4.78 is 5.54. The molecule has 0 unspecified atom stereocenters. The van der Waals surface area contributed by atoms with E-state index >= 15 is 0 Å². The summed E-state index contributed by atoms with van der Waals surface area (Å²) in [7, 11) is 0. The van der Waals surface area contributed by atoms with Crippen LogP contribution >= 0.6 is 0 Å². The summed E-state index contributed by atoms with van der Waals surface area (Å²) in [5.74, 6) is 0.673. The molecule has 0 radical (unpaired) electrons. The van der Waals surface area contributed by atoms with E-state index in [1.54, 1.807) is 0 Å². The third-order valence-electron chi connectivity index (χ3n) is 3.04. The molecular weight excluding hydrogens is 212 g/mol. The van der Waals surface area contributed by atoms with Gasteiger partial charge in [-0.2, -0.15) is 0 Å². The summed E-state index contributed by atoms with van der Waals surface area (Å²) in [4.78, 5) is 2.48. The fourth-order valence-electron chi connectivity index (χ4n) is 1.99. The number of hydrogen-bond donors (Lipinski definition) is 1. The molecule has 0 aromatic carbocycles. The van der Waals surface area contributed by atoms with Crippen molar-refractivity contribution in [3.05, 3.63) is 24.0 Å². The van der Waals surface area contributed by atoms with Crippen molar-refractivity contribution >= 4 is 6.21 Å². The van der Waals surface area contributed by atoms with Gasteiger partial charge in [0, 0.05) is 12.8 Å². The Hall–Kier alpha value is -1.09. The molecule has 1 fully saturated rings. The SMILES string of the molecule is C=C(/C=C(\C=N)CC)OCCCN1CCCC1. The van der Waals surface area contributed by atoms with Crippen molar-refractivity contribution in [2.24, 2.45) is 0 Å². The first-order valence-corrected chi connectivity index (χ1v) is 6.51. The van der Waals surface area contributed by atoms with Crippen LogP contribution < -0.4 is 0 Å². The predicted octanol–water partition coefficient (Wildman–Crippen LogP) is 2.99. The second-order valence-electron chi connectivity index (χ2n) is 4.43. The van der Waals surface area contributed by atoms with Crippen LogP contribution in [0.2, 0.25) is 0 Å². The van der Waals surface area contributed by atoms with Gasteiger partial charge in [0.05, 0.1) is 6.61 Å². The standard InChI is InChI=1S/C14H24N2O/c1-3-14(12-15)11-13(2)17-10-6-9-16-7-4-5-8-16/h11-12,15H,2-10H2,1H3/b14-11-,15-12?. The van der Waals surface area contributed by atoms with E-state index in [2.05, 4.69) is 11.5 Å². The summed E-state index contributed by atoms with van der Waals surface area (Å²) in [6.07, 6.45) is 7.80. The van der Waals surface area contributed by atoms with E-state index in [4.69, 9.17) is 10.1 Å². The summed E-state index contributed by atoms with van der Waals surface area (Å²) in [6, 6.07) is 0. The zero-order valence-electron chi connectivity index (χ0n) is 10.9. The summed E-state index contributed by atoms with van der Waals surface area (Å²) in [6.45, 7) is 10.2. The van der Waals surface area contributed by atoms with Gasteiger partial charge >= 0.3 is 0 Å². The van der Waals surface area contributed by atoms with Crippen molar-refractivity contribution in [1.29, 1.82) is 5.41 Å². The molecule has 1 saturated heterocycles. The van der Waals surface area contributed by atoms with Crippen molar-refractivity contribution < 1.29 is 4.74 Å². The Morgan fingerprint density at radius 2 is 2.12 bits per heavy atom. The van der Waals surface area contributed by atoms with Crippen LogP contribution in [0.4, 0.5) is 0 Å². The number of nitrogens with zero attached hydrogens (tertiary/aromatic N) is 1. The molecule has 1 aliphatic heterocycles. The maximum atomic E-state index is 7.18. The highest BCUT2D eigenvalue weighted by atomic mass is 16.5. The van der Waals surface area contributed by atoms with Crippen molar-refractivity contribution in [2.45, 2.75) is 32.6 Å². The van der Waals surface area contributed by atoms with Crippen LogP contribution in [-0.2, 0) is 4.74 Å². The lowest BCUT2D eigenvalue weighted by Gasteiger charge is -2.14. The van der Waals surface area contributed by atoms with Crippen molar-refractivity contribution in [2.75, 3.05) is 26.2 Å². The highest BCUT2D eigenvalue weighted by Gasteiger charge is 2.10. The largest absolute Gasteiger partial charge is 0.494 e. The Morgan fingerprint density at radius 3 is 2.71 bits per heavy atom. The third kappa shape index (κ3) is 5.68. The Balaban J connectivity index is 2.11. The van der Waals surface area contributed by atoms with Gasteiger partial charge < -0.3 is 15.0 Å². The molecule has 17 heavy (non-hydrogen) atoms. The van der Waals surface area contributed by atoms with Gasteiger partial charge in [-0.3, -0.25) is 0 Å². The molecule has 0 amide bonds. The van der Waals surface area contributed by atoms with E-state index in [0.29, 0.717) is 5.76 Å². The molecule has 0 aromatic heterocycles. The molecule has 96 valence electrons. The molecule has 0 saturated carbocycles. The van der Waals surface area contributed by atoms with Crippen LogP contribution in [0.3, 0.4) is 0 Å². The summed E-state index contributed by atoms with van der Waals surface area (Å²) >= 11 is 0. The van der Waals surface area contributed by atoms with Gasteiger partial charge in [-0.1, -0.05) is 13.5 Å². The van der Waals surface area contributed by atoms with Crippen LogP contribution in [0, 0.1) is 5.41 Å². The molecule has 1 N–H and O–H groups in total. The van der Waals surface area contributed by atoms with Crippen LogP contribution in [-0.4, -0.2) is 37.4 Å². The molecule has 3 nitrogen and oxygen atoms in total. The molecule has 0 atom stereocenters. The number of allylic oxidation sites excluding steroid dienone is 2. The molecule has 1 rings (SSSR count). The monoisotopic (exact) mass is 236 g/mol. The molecule has 0 aliphatic carbocycles. The molecule has 0 spiro atoms. The second kappa shape index (κ2) is 8.07. The van der Waals surface area contributed by atoms with Gasteiger partial charge in [-0.15, -0.1) is 0 Å². The molecule has 0 bridgehead atoms. The van der Waals surface area contributed by atoms with Gasteiger partial charge in [-0.25, -0.2) is 0 Å². The minimum atomic E-state index is 0.673. The van der Waals surface area contributed by atoms with Crippen LogP contribution in [0.1, 0.15) is 32.6 Å². The number of nitrogens with one attached hydrogen (secondary N) is 1. The summed E-state index contributed by atoms with van der Waals surface area (Å²) in [5, 5.41) is 7.18. The topological polar surface area (TPSA) is 36.3 Å². The first-order chi connectivity index (χ1) is 8.26. The van der Waals surface area contributed by atoms with E-state index in [0.717, 1.165) is 31.6 Å². The van der Waals surface area contributed by atoms with E-state index in [1.807, 2.05) is 13.0 Å². The minimum absolute atomic E-state index is 0.673. The van der Waals surface area contributed by atoms with Gasteiger partial charge in [0.15, 0.2) is 0 Å². The van der Waals surface area contributed by atoms with Gasteiger partial charge in [0.25, 0.3) is 0 Å². The normalized spacial score (nSPS) is 17.1. The first-order valence-electron chi connectivity index (χ1n) is 6.51. The molecule has 1 aliphatic rings. The first kappa shape index (κ1) is 14.0. The average Bonchev–Trinajstić information content (AvgIpc) is 2.84. The molecule has 3 heteroatoms. The average molecular weight is 236 g/mol. The molecule has 1 heterocycles. The van der Waals surface area contributed by atoms with Crippen molar-refractivity contribution in [3.63, 3.8) is 0 Å². The smallest absolute Gasteiger partial charge is 0.112 e. The number of likely N-dealkylation sites (tertiary alicyclic amines) is 1. The second-order valence-corrected chi connectivity index (χ2v) is 4.43. The predicted molar refractivity (Wildman–Crippen MR) is 72.5 cm³/mol. The van der Waals surface area contributed by atoms with Gasteiger partial charge in [0.2, 0.25) is 0 Å². The van der Waals surface area contributed by atoms with Crippen LogP contribution in [0.25, 0.3) is 0 Å². The lowest BCUT2D eigenvalue weighted by molar-refractivity contribution is 0.201. The lowest BCUT2D eigenvalue weighted by atomic mass is 10.2. The number of ether oxygens (including phenoxy) is 1. The van der Waals surface area contributed by atoms with E-state index in [1.165, 1.54) is 32.1 Å². The number of hydrogen-bond acceptors (Lipinski definition) is 3. The van der Waals surface area contributed by atoms with E-state index < -0.39 is 0 Å². The lowest BCUT2D eigenvalue weighted by Crippen LogP contribution is -2.21. The van der Waals surface area contributed by atoms with Crippen LogP contribution in [0.15, 0.2) is 24.0 Å². The maximum Gasteiger partial charge on any atom is 0.112 e. The van der Waals surface area contributed by atoms with Crippen LogP contribution in [0.5, 0.6) is 0 Å². The van der Waals surface area contributed by atoms with Crippen molar-refractivity contribution in [1.82, 2.24) is 4.90 Å². The third-order valence-corrected chi connectivity index (χ3v) is 3.04. The Bertz CT molecular complexity index is 278. The van der Waals surface area contributed by atoms with E-state index in [-0.39, 0.29) is 0 Å². The quantitative estimate of drug-likeness (QED) is 0.304. The van der Waals surface area contributed by atoms with Gasteiger partial charge in [-0.05, 0) is 50.4 Å². The van der Waals surface area contributed by atoms with Gasteiger partial charge in [0.1, 0.15) is 5.76 Å². The minimum Gasteiger partial charge on any atom is -0.494 e. The Labute approximate surface area is 105 Å². The maximum absolute atomic E-state index is 7.18. The summed E-state index contributed by atoms with van der Waals surface area (Å²) in [5.41, 5.74) is 0.953. The zero-order chi connectivity index (χ0) is 12.5. The van der Waals surface area contributed by atoms with E-state index in [9.17, 15) is 0 Å². The number of rotatable bonds is 8. The Morgan fingerprint density at radius 1 is 1.41 bits per heavy atom. The molecule has 0 aromatic rings. The fourth-order valence-corrected chi connectivity index (χ4v) is 1.99.